The predicted molar refractivity (Wildman–Crippen MR) is 204 cm³/mol. The molecule has 7 heterocycles. The Morgan fingerprint density at radius 1 is 0.372 bits per heavy atom. The molecule has 43 heavy (non-hydrogen) atoms. The standard InChI is InChI=1S/C36H36S7/c1-3-5-7-9-11-23-13-15-25(37-23)27-17-19-29(39-27)31-21-33-35(42-31)36-34(41-33)22-32(43-36)30-20-18-28(40-30)26-16-14-24(38-26)12-10-8-6-4-2/h13-22H,3-12H2,1-2H3. The van der Waals surface area contributed by atoms with Crippen molar-refractivity contribution in [1.82, 2.24) is 0 Å². The molecule has 0 spiro atoms. The van der Waals surface area contributed by atoms with Gasteiger partial charge in [0.25, 0.3) is 0 Å². The van der Waals surface area contributed by atoms with Gasteiger partial charge in [0.2, 0.25) is 0 Å². The van der Waals surface area contributed by atoms with Crippen LogP contribution < -0.4 is 0 Å². The smallest absolute Gasteiger partial charge is 0.0636 e. The normalized spacial score (nSPS) is 12.0. The minimum atomic E-state index is 1.23. The summed E-state index contributed by atoms with van der Waals surface area (Å²) in [4.78, 5) is 14.3. The van der Waals surface area contributed by atoms with Crippen LogP contribution in [0.2, 0.25) is 0 Å². The van der Waals surface area contributed by atoms with Crippen LogP contribution in [0.4, 0.5) is 0 Å². The van der Waals surface area contributed by atoms with Crippen molar-refractivity contribution in [2.24, 2.45) is 0 Å². The van der Waals surface area contributed by atoms with Gasteiger partial charge in [0.1, 0.15) is 0 Å². The number of hydrogen-bond acceptors (Lipinski definition) is 7. The van der Waals surface area contributed by atoms with E-state index in [1.807, 2.05) is 79.4 Å². The maximum atomic E-state index is 2.43. The third-order valence-electron chi connectivity index (χ3n) is 7.88. The first-order valence-corrected chi connectivity index (χ1v) is 21.2. The molecule has 0 aliphatic heterocycles. The van der Waals surface area contributed by atoms with Gasteiger partial charge in [0, 0.05) is 58.2 Å². The predicted octanol–water partition coefficient (Wildman–Crippen LogP) is 15.3. The molecule has 0 atom stereocenters. The second-order valence-electron chi connectivity index (χ2n) is 11.2. The molecule has 0 unspecified atom stereocenters. The van der Waals surface area contributed by atoms with Gasteiger partial charge in [0.15, 0.2) is 0 Å². The van der Waals surface area contributed by atoms with E-state index in [0.717, 1.165) is 0 Å². The van der Waals surface area contributed by atoms with E-state index in [1.54, 1.807) is 0 Å². The molecular weight excluding hydrogens is 657 g/mol. The second-order valence-corrected chi connectivity index (χ2v) is 18.9. The van der Waals surface area contributed by atoms with Gasteiger partial charge < -0.3 is 0 Å². The van der Waals surface area contributed by atoms with Crippen molar-refractivity contribution in [3.8, 4) is 39.0 Å². The van der Waals surface area contributed by atoms with Crippen LogP contribution in [0.3, 0.4) is 0 Å². The van der Waals surface area contributed by atoms with Gasteiger partial charge in [-0.15, -0.1) is 79.4 Å². The molecule has 0 aromatic carbocycles. The molecule has 0 fully saturated rings. The fourth-order valence-electron chi connectivity index (χ4n) is 5.52. The molecule has 0 nitrogen and oxygen atoms in total. The molecule has 7 heteroatoms. The zero-order valence-electron chi connectivity index (χ0n) is 24.7. The Kier molecular flexibility index (Phi) is 9.67. The highest BCUT2D eigenvalue weighted by Gasteiger charge is 2.17. The van der Waals surface area contributed by atoms with Crippen LogP contribution in [0.5, 0.6) is 0 Å². The minimum Gasteiger partial charge on any atom is -0.139 e. The summed E-state index contributed by atoms with van der Waals surface area (Å²) in [6.45, 7) is 4.57. The van der Waals surface area contributed by atoms with Crippen LogP contribution >= 0.6 is 79.4 Å². The van der Waals surface area contributed by atoms with Crippen molar-refractivity contribution in [2.75, 3.05) is 0 Å². The molecule has 0 aliphatic carbocycles. The fourth-order valence-corrected chi connectivity index (χ4v) is 14.0. The third kappa shape index (κ3) is 6.69. The van der Waals surface area contributed by atoms with Crippen molar-refractivity contribution >= 4 is 98.2 Å². The van der Waals surface area contributed by atoms with E-state index in [1.165, 1.54) is 132 Å². The Morgan fingerprint density at radius 2 is 0.767 bits per heavy atom. The molecule has 0 radical (unpaired) electrons. The van der Waals surface area contributed by atoms with Gasteiger partial charge in [-0.2, -0.15) is 0 Å². The quantitative estimate of drug-likeness (QED) is 0.0995. The Balaban J connectivity index is 1.06. The zero-order chi connectivity index (χ0) is 29.2. The number of unbranched alkanes of at least 4 members (excludes halogenated alkanes) is 6. The molecule has 7 rings (SSSR count). The summed E-state index contributed by atoms with van der Waals surface area (Å²) in [5.74, 6) is 0. The molecule has 0 saturated heterocycles. The Bertz CT molecular complexity index is 1790. The Hall–Kier alpha value is -1.58. The van der Waals surface area contributed by atoms with Crippen LogP contribution in [-0.2, 0) is 12.8 Å². The zero-order valence-corrected chi connectivity index (χ0v) is 30.4. The lowest BCUT2D eigenvalue weighted by Gasteiger charge is -1.96. The van der Waals surface area contributed by atoms with E-state index < -0.39 is 0 Å². The van der Waals surface area contributed by atoms with Gasteiger partial charge in [0.05, 0.1) is 9.40 Å². The highest BCUT2D eigenvalue weighted by atomic mass is 32.1. The Labute approximate surface area is 283 Å². The first-order valence-electron chi connectivity index (χ1n) is 15.5. The average Bonchev–Trinajstić information content (AvgIpc) is 3.84. The van der Waals surface area contributed by atoms with Crippen LogP contribution in [0.25, 0.3) is 57.8 Å². The van der Waals surface area contributed by atoms with Gasteiger partial charge in [-0.3, -0.25) is 0 Å². The van der Waals surface area contributed by atoms with Gasteiger partial charge >= 0.3 is 0 Å². The molecular formula is C36H36S7. The summed E-state index contributed by atoms with van der Waals surface area (Å²) < 4.78 is 5.80. The van der Waals surface area contributed by atoms with Crippen molar-refractivity contribution in [2.45, 2.75) is 78.1 Å². The van der Waals surface area contributed by atoms with Crippen molar-refractivity contribution in [3.05, 3.63) is 70.4 Å². The van der Waals surface area contributed by atoms with Gasteiger partial charge in [-0.05, 0) is 86.3 Å². The molecule has 0 N–H and O–H groups in total. The molecule has 222 valence electrons. The second kappa shape index (κ2) is 13.8. The van der Waals surface area contributed by atoms with E-state index in [9.17, 15) is 0 Å². The van der Waals surface area contributed by atoms with Crippen molar-refractivity contribution in [1.29, 1.82) is 0 Å². The first-order chi connectivity index (χ1) is 21.2. The maximum absolute atomic E-state index is 2.43. The number of hydrogen-bond donors (Lipinski definition) is 0. The highest BCUT2D eigenvalue weighted by Crippen LogP contribution is 2.50. The third-order valence-corrected chi connectivity index (χ3v) is 16.9. The maximum Gasteiger partial charge on any atom is 0.0636 e. The molecule has 0 saturated carbocycles. The van der Waals surface area contributed by atoms with Crippen LogP contribution in [0.1, 0.15) is 75.0 Å². The van der Waals surface area contributed by atoms with Crippen molar-refractivity contribution in [3.63, 3.8) is 0 Å². The molecule has 7 aromatic heterocycles. The largest absolute Gasteiger partial charge is 0.139 e. The van der Waals surface area contributed by atoms with Crippen molar-refractivity contribution < 1.29 is 0 Å². The summed E-state index contributed by atoms with van der Waals surface area (Å²) >= 11 is 13.8. The molecule has 0 amide bonds. The van der Waals surface area contributed by atoms with Gasteiger partial charge in [-0.1, -0.05) is 52.4 Å². The lowest BCUT2D eigenvalue weighted by Crippen LogP contribution is -1.80. The number of thiophene rings is 7. The number of fused-ring (bicyclic) bond motifs is 3. The van der Waals surface area contributed by atoms with Crippen LogP contribution in [-0.4, -0.2) is 0 Å². The van der Waals surface area contributed by atoms with Crippen LogP contribution in [0, 0.1) is 0 Å². The average molecular weight is 693 g/mol. The first kappa shape index (κ1) is 30.1. The minimum absolute atomic E-state index is 1.23. The molecule has 0 aliphatic rings. The number of aryl methyl sites for hydroxylation is 2. The summed E-state index contributed by atoms with van der Waals surface area (Å²) in [7, 11) is 0. The summed E-state index contributed by atoms with van der Waals surface area (Å²) in [5, 5.41) is 0. The van der Waals surface area contributed by atoms with E-state index >= 15 is 0 Å². The van der Waals surface area contributed by atoms with Gasteiger partial charge in [-0.25, -0.2) is 0 Å². The molecule has 7 aromatic rings. The topological polar surface area (TPSA) is 0 Å². The van der Waals surface area contributed by atoms with E-state index in [2.05, 4.69) is 74.5 Å². The van der Waals surface area contributed by atoms with E-state index in [4.69, 9.17) is 0 Å². The Morgan fingerprint density at radius 3 is 1.21 bits per heavy atom. The highest BCUT2D eigenvalue weighted by molar-refractivity contribution is 7.41. The fraction of sp³-hybridized carbons (Fsp3) is 0.333. The lowest BCUT2D eigenvalue weighted by atomic mass is 10.1. The SMILES string of the molecule is CCCCCCc1ccc(-c2ccc(-c3cc4sc5cc(-c6ccc(-c7ccc(CCCCCC)s7)s6)sc5c4s3)s2)s1. The van der Waals surface area contributed by atoms with Crippen LogP contribution in [0.15, 0.2) is 60.7 Å². The van der Waals surface area contributed by atoms with E-state index in [-0.39, 0.29) is 0 Å². The van der Waals surface area contributed by atoms with E-state index in [0.29, 0.717) is 0 Å². The monoisotopic (exact) mass is 692 g/mol. The number of rotatable bonds is 14. The summed E-state index contributed by atoms with van der Waals surface area (Å²) in [5.41, 5.74) is 0. The summed E-state index contributed by atoms with van der Waals surface area (Å²) in [6.07, 6.45) is 13.1. The molecule has 0 bridgehead atoms. The lowest BCUT2D eigenvalue weighted by molar-refractivity contribution is 0.670. The summed E-state index contributed by atoms with van der Waals surface area (Å²) in [6, 6.07) is 23.6.